The van der Waals surface area contributed by atoms with Crippen LogP contribution in [0, 0.1) is 11.8 Å². The number of Topliss-reactive ketones (excluding diaryl/α,β-unsaturated/α-hetero) is 1. The lowest BCUT2D eigenvalue weighted by Crippen LogP contribution is -2.32. The van der Waals surface area contributed by atoms with Crippen molar-refractivity contribution in [2.75, 3.05) is 0 Å². The smallest absolute Gasteiger partial charge is 0.164 e. The lowest BCUT2D eigenvalue weighted by atomic mass is 10.1. The Bertz CT molecular complexity index is 205. The van der Waals surface area contributed by atoms with Crippen LogP contribution in [0.5, 0.6) is 0 Å². The first-order valence-corrected chi connectivity index (χ1v) is 3.41. The fraction of sp³-hybridized carbons (Fsp3) is 0.625. The molecular weight excluding hydrogens is 126 g/mol. The highest BCUT2D eigenvalue weighted by Gasteiger charge is 2.44. The highest BCUT2D eigenvalue weighted by atomic mass is 16.1. The van der Waals surface area contributed by atoms with Gasteiger partial charge in [-0.1, -0.05) is 5.92 Å². The highest BCUT2D eigenvalue weighted by molar-refractivity contribution is 5.92. The van der Waals surface area contributed by atoms with Gasteiger partial charge in [0.25, 0.3) is 0 Å². The Morgan fingerprint density at radius 1 is 1.70 bits per heavy atom. The topological polar surface area (TPSA) is 43.1 Å². The van der Waals surface area contributed by atoms with Crippen molar-refractivity contribution in [1.29, 1.82) is 0 Å². The molecule has 0 aromatic rings. The fourth-order valence-electron chi connectivity index (χ4n) is 0.758. The number of hydrogen-bond acceptors (Lipinski definition) is 2. The third kappa shape index (κ3) is 1.37. The first-order valence-electron chi connectivity index (χ1n) is 3.41. The fourth-order valence-corrected chi connectivity index (χ4v) is 0.758. The lowest BCUT2D eigenvalue weighted by molar-refractivity contribution is -0.120. The van der Waals surface area contributed by atoms with E-state index in [4.69, 9.17) is 5.73 Å². The normalized spacial score (nSPS) is 19.0. The van der Waals surface area contributed by atoms with Crippen molar-refractivity contribution < 1.29 is 4.79 Å². The van der Waals surface area contributed by atoms with Crippen LogP contribution in [0.25, 0.3) is 0 Å². The van der Waals surface area contributed by atoms with E-state index in [2.05, 4.69) is 11.8 Å². The molecule has 0 aliphatic heterocycles. The molecule has 0 bridgehead atoms. The highest BCUT2D eigenvalue weighted by Crippen LogP contribution is 2.33. The summed E-state index contributed by atoms with van der Waals surface area (Å²) < 4.78 is 0. The van der Waals surface area contributed by atoms with Crippen molar-refractivity contribution in [3.8, 4) is 11.8 Å². The lowest BCUT2D eigenvalue weighted by Gasteiger charge is -2.01. The maximum absolute atomic E-state index is 11.1. The van der Waals surface area contributed by atoms with Crippen LogP contribution in [0.15, 0.2) is 0 Å². The Hall–Kier alpha value is -0.810. The second kappa shape index (κ2) is 2.43. The molecule has 2 nitrogen and oxygen atoms in total. The molecule has 2 N–H and O–H groups in total. The van der Waals surface area contributed by atoms with Crippen LogP contribution in [-0.4, -0.2) is 11.3 Å². The summed E-state index contributed by atoms with van der Waals surface area (Å²) in [4.78, 5) is 11.1. The van der Waals surface area contributed by atoms with E-state index in [1.165, 1.54) is 0 Å². The Morgan fingerprint density at radius 3 is 2.70 bits per heavy atom. The Morgan fingerprint density at radius 2 is 2.30 bits per heavy atom. The van der Waals surface area contributed by atoms with Gasteiger partial charge in [0.05, 0.1) is 12.0 Å². The van der Waals surface area contributed by atoms with Gasteiger partial charge in [0.1, 0.15) is 0 Å². The minimum atomic E-state index is -0.482. The van der Waals surface area contributed by atoms with Crippen molar-refractivity contribution in [2.45, 2.75) is 31.7 Å². The Labute approximate surface area is 60.8 Å². The molecule has 0 radical (unpaired) electrons. The predicted octanol–water partition coefficient (Wildman–Crippen LogP) is 0.460. The molecule has 0 spiro atoms. The monoisotopic (exact) mass is 137 g/mol. The molecule has 1 aliphatic carbocycles. The average Bonchev–Trinajstić information content (AvgIpc) is 2.64. The summed E-state index contributed by atoms with van der Waals surface area (Å²) in [7, 11) is 0. The van der Waals surface area contributed by atoms with Crippen LogP contribution in [0.4, 0.5) is 0 Å². The minimum absolute atomic E-state index is 0.0989. The summed E-state index contributed by atoms with van der Waals surface area (Å²) in [6.45, 7) is 1.73. The molecule has 0 atom stereocenters. The van der Waals surface area contributed by atoms with Gasteiger partial charge < -0.3 is 5.73 Å². The first kappa shape index (κ1) is 7.30. The Kier molecular flexibility index (Phi) is 1.78. The van der Waals surface area contributed by atoms with Gasteiger partial charge in [-0.2, -0.15) is 0 Å². The van der Waals surface area contributed by atoms with Crippen molar-refractivity contribution in [1.82, 2.24) is 0 Å². The molecule has 1 saturated carbocycles. The van der Waals surface area contributed by atoms with E-state index in [1.807, 2.05) is 0 Å². The Balaban J connectivity index is 2.40. The molecular formula is C8H11NO. The largest absolute Gasteiger partial charge is 0.319 e. The summed E-state index contributed by atoms with van der Waals surface area (Å²) >= 11 is 0. The van der Waals surface area contributed by atoms with Gasteiger partial charge >= 0.3 is 0 Å². The molecule has 0 aromatic carbocycles. The van der Waals surface area contributed by atoms with Gasteiger partial charge in [-0.25, -0.2) is 0 Å². The maximum atomic E-state index is 11.1. The molecule has 0 amide bonds. The van der Waals surface area contributed by atoms with Gasteiger partial charge in [-0.05, 0) is 19.8 Å². The molecule has 0 saturated heterocycles. The number of nitrogens with two attached hydrogens (primary N) is 1. The molecule has 1 aliphatic rings. The van der Waals surface area contributed by atoms with E-state index in [9.17, 15) is 4.79 Å². The molecule has 54 valence electrons. The summed E-state index contributed by atoms with van der Waals surface area (Å²) in [6, 6.07) is 0. The van der Waals surface area contributed by atoms with Crippen molar-refractivity contribution >= 4 is 5.78 Å². The summed E-state index contributed by atoms with van der Waals surface area (Å²) in [5, 5.41) is 0. The van der Waals surface area contributed by atoms with E-state index < -0.39 is 5.54 Å². The zero-order valence-electron chi connectivity index (χ0n) is 6.11. The summed E-state index contributed by atoms with van der Waals surface area (Å²) in [6.07, 6.45) is 2.02. The number of ketones is 1. The van der Waals surface area contributed by atoms with Crippen molar-refractivity contribution in [3.63, 3.8) is 0 Å². The van der Waals surface area contributed by atoms with Crippen LogP contribution in [-0.2, 0) is 4.79 Å². The van der Waals surface area contributed by atoms with Crippen molar-refractivity contribution in [2.24, 2.45) is 5.73 Å². The minimum Gasteiger partial charge on any atom is -0.319 e. The molecule has 0 unspecified atom stereocenters. The zero-order chi connectivity index (χ0) is 7.61. The maximum Gasteiger partial charge on any atom is 0.164 e. The SMILES string of the molecule is CC#CCC(=O)C1(N)CC1. The third-order valence-electron chi connectivity index (χ3n) is 1.77. The number of carbonyl (C=O) groups is 1. The zero-order valence-corrected chi connectivity index (χ0v) is 6.11. The van der Waals surface area contributed by atoms with Gasteiger partial charge in [-0.3, -0.25) is 4.79 Å². The molecule has 1 fully saturated rings. The van der Waals surface area contributed by atoms with E-state index in [0.717, 1.165) is 12.8 Å². The molecule has 0 heterocycles. The second-order valence-corrected chi connectivity index (χ2v) is 2.68. The third-order valence-corrected chi connectivity index (χ3v) is 1.77. The standard InChI is InChI=1S/C8H11NO/c1-2-3-4-7(10)8(9)5-6-8/h4-6,9H2,1H3. The van der Waals surface area contributed by atoms with Gasteiger partial charge in [0.2, 0.25) is 0 Å². The number of carbonyl (C=O) groups excluding carboxylic acids is 1. The molecule has 2 heteroatoms. The van der Waals surface area contributed by atoms with Crippen molar-refractivity contribution in [3.05, 3.63) is 0 Å². The van der Waals surface area contributed by atoms with E-state index in [0.29, 0.717) is 6.42 Å². The quantitative estimate of drug-likeness (QED) is 0.562. The van der Waals surface area contributed by atoms with Crippen LogP contribution in [0.1, 0.15) is 26.2 Å². The number of rotatable bonds is 2. The average molecular weight is 137 g/mol. The number of hydrogen-bond donors (Lipinski definition) is 1. The van der Waals surface area contributed by atoms with Gasteiger partial charge in [-0.15, -0.1) is 5.92 Å². The van der Waals surface area contributed by atoms with Crippen LogP contribution in [0.3, 0.4) is 0 Å². The van der Waals surface area contributed by atoms with Crippen LogP contribution < -0.4 is 5.73 Å². The van der Waals surface area contributed by atoms with E-state index >= 15 is 0 Å². The second-order valence-electron chi connectivity index (χ2n) is 2.68. The first-order chi connectivity index (χ1) is 4.69. The predicted molar refractivity (Wildman–Crippen MR) is 39.2 cm³/mol. The summed E-state index contributed by atoms with van der Waals surface area (Å²) in [5.41, 5.74) is 5.13. The summed E-state index contributed by atoms with van der Waals surface area (Å²) in [5.74, 6) is 5.49. The van der Waals surface area contributed by atoms with E-state index in [1.54, 1.807) is 6.92 Å². The van der Waals surface area contributed by atoms with Gasteiger partial charge in [0, 0.05) is 0 Å². The molecule has 0 aromatic heterocycles. The molecule has 1 rings (SSSR count). The van der Waals surface area contributed by atoms with Gasteiger partial charge in [0.15, 0.2) is 5.78 Å². The van der Waals surface area contributed by atoms with Crippen LogP contribution >= 0.6 is 0 Å². The van der Waals surface area contributed by atoms with Crippen LogP contribution in [0.2, 0.25) is 0 Å². The van der Waals surface area contributed by atoms with E-state index in [-0.39, 0.29) is 5.78 Å². The molecule has 10 heavy (non-hydrogen) atoms.